The van der Waals surface area contributed by atoms with E-state index in [1.54, 1.807) is 11.3 Å². The van der Waals surface area contributed by atoms with E-state index < -0.39 is 0 Å². The molecule has 0 N–H and O–H groups in total. The van der Waals surface area contributed by atoms with Crippen molar-refractivity contribution in [1.82, 2.24) is 0 Å². The van der Waals surface area contributed by atoms with Gasteiger partial charge in [-0.15, -0.1) is 11.3 Å². The third-order valence-corrected chi connectivity index (χ3v) is 4.78. The third-order valence-electron chi connectivity index (χ3n) is 3.46. The van der Waals surface area contributed by atoms with Crippen molar-refractivity contribution >= 4 is 31.5 Å². The van der Waals surface area contributed by atoms with Crippen LogP contribution in [0.5, 0.6) is 0 Å². The number of fused-ring (bicyclic) bond motifs is 2. The number of aryl methyl sites for hydroxylation is 2. The molecule has 2 heteroatoms. The normalized spacial score (nSPS) is 11.3. The molecule has 0 unspecified atom stereocenters. The zero-order valence-electron chi connectivity index (χ0n) is 11.2. The molecule has 2 aromatic carbocycles. The lowest BCUT2D eigenvalue weighted by Crippen LogP contribution is -2.02. The molecule has 19 heavy (non-hydrogen) atoms. The van der Waals surface area contributed by atoms with Gasteiger partial charge < -0.3 is 0 Å². The van der Waals surface area contributed by atoms with Gasteiger partial charge in [-0.3, -0.25) is 4.79 Å². The summed E-state index contributed by atoms with van der Waals surface area (Å²) in [5, 5.41) is 1.72. The van der Waals surface area contributed by atoms with Crippen LogP contribution in [0.2, 0.25) is 0 Å². The smallest absolute Gasteiger partial charge is 0.195 e. The molecule has 0 aliphatic carbocycles. The molecular formula is C17H16OS. The van der Waals surface area contributed by atoms with Gasteiger partial charge in [0.05, 0.1) is 0 Å². The predicted molar refractivity (Wildman–Crippen MR) is 84.3 cm³/mol. The number of hydrogen-bond acceptors (Lipinski definition) is 2. The third kappa shape index (κ3) is 2.06. The minimum atomic E-state index is 0.172. The summed E-state index contributed by atoms with van der Waals surface area (Å²) in [6, 6.07) is 12.2. The van der Waals surface area contributed by atoms with E-state index in [1.165, 1.54) is 11.1 Å². The highest BCUT2D eigenvalue weighted by Crippen LogP contribution is 2.28. The second-order valence-electron chi connectivity index (χ2n) is 4.97. The molecule has 0 spiro atoms. The van der Waals surface area contributed by atoms with E-state index in [0.717, 1.165) is 33.0 Å². The summed E-state index contributed by atoms with van der Waals surface area (Å²) in [7, 11) is 0. The molecule has 96 valence electrons. The van der Waals surface area contributed by atoms with Crippen molar-refractivity contribution in [3.63, 3.8) is 0 Å². The molecular weight excluding hydrogens is 252 g/mol. The Morgan fingerprint density at radius 3 is 2.68 bits per heavy atom. The van der Waals surface area contributed by atoms with Crippen molar-refractivity contribution < 1.29 is 0 Å². The summed E-state index contributed by atoms with van der Waals surface area (Å²) < 4.78 is 2.20. The van der Waals surface area contributed by atoms with Crippen LogP contribution in [0.3, 0.4) is 0 Å². The summed E-state index contributed by atoms with van der Waals surface area (Å²) in [6.07, 6.45) is 2.14. The molecule has 1 nitrogen and oxygen atoms in total. The molecule has 1 aromatic heterocycles. The van der Waals surface area contributed by atoms with Gasteiger partial charge in [-0.25, -0.2) is 0 Å². The van der Waals surface area contributed by atoms with Crippen LogP contribution in [0.4, 0.5) is 0 Å². The SMILES string of the molecule is CCCc1cc(C)c2sc3ccccc3c(=O)c2c1. The largest absolute Gasteiger partial charge is 0.289 e. The van der Waals surface area contributed by atoms with Crippen LogP contribution in [-0.2, 0) is 6.42 Å². The van der Waals surface area contributed by atoms with Crippen molar-refractivity contribution in [2.75, 3.05) is 0 Å². The van der Waals surface area contributed by atoms with Crippen LogP contribution < -0.4 is 5.43 Å². The Balaban J connectivity index is 2.44. The molecule has 0 bridgehead atoms. The monoisotopic (exact) mass is 268 g/mol. The van der Waals surface area contributed by atoms with E-state index in [4.69, 9.17) is 0 Å². The molecule has 0 saturated carbocycles. The second kappa shape index (κ2) is 4.78. The van der Waals surface area contributed by atoms with E-state index in [0.29, 0.717) is 0 Å². The van der Waals surface area contributed by atoms with Gasteiger partial charge in [0.25, 0.3) is 0 Å². The van der Waals surface area contributed by atoms with Gasteiger partial charge in [0.2, 0.25) is 0 Å². The Hall–Kier alpha value is -1.67. The van der Waals surface area contributed by atoms with E-state index in [2.05, 4.69) is 26.0 Å². The zero-order valence-corrected chi connectivity index (χ0v) is 12.0. The number of rotatable bonds is 2. The van der Waals surface area contributed by atoms with E-state index >= 15 is 0 Å². The minimum Gasteiger partial charge on any atom is -0.289 e. The standard InChI is InChI=1S/C17H16OS/c1-3-6-12-9-11(2)17-14(10-12)16(18)13-7-4-5-8-15(13)19-17/h4-5,7-10H,3,6H2,1-2H3. The zero-order chi connectivity index (χ0) is 13.4. The highest BCUT2D eigenvalue weighted by atomic mass is 32.1. The van der Waals surface area contributed by atoms with Gasteiger partial charge in [0, 0.05) is 20.2 Å². The Morgan fingerprint density at radius 1 is 1.11 bits per heavy atom. The molecule has 1 heterocycles. The lowest BCUT2D eigenvalue weighted by atomic mass is 10.0. The van der Waals surface area contributed by atoms with E-state index in [1.807, 2.05) is 24.3 Å². The van der Waals surface area contributed by atoms with Crippen molar-refractivity contribution in [3.05, 3.63) is 57.7 Å². The molecule has 3 rings (SSSR count). The lowest BCUT2D eigenvalue weighted by molar-refractivity contribution is 0.922. The van der Waals surface area contributed by atoms with Crippen molar-refractivity contribution in [3.8, 4) is 0 Å². The highest BCUT2D eigenvalue weighted by molar-refractivity contribution is 7.24. The number of benzene rings is 2. The quantitative estimate of drug-likeness (QED) is 0.617. The fraction of sp³-hybridized carbons (Fsp3) is 0.235. The molecule has 0 fully saturated rings. The Kier molecular flexibility index (Phi) is 3.11. The molecule has 0 amide bonds. The van der Waals surface area contributed by atoms with Crippen LogP contribution in [0.15, 0.2) is 41.2 Å². The Labute approximate surface area is 116 Å². The predicted octanol–water partition coefficient (Wildman–Crippen LogP) is 4.68. The van der Waals surface area contributed by atoms with Gasteiger partial charge in [-0.05, 0) is 42.7 Å². The fourth-order valence-electron chi connectivity index (χ4n) is 2.58. The van der Waals surface area contributed by atoms with Crippen LogP contribution in [0.1, 0.15) is 24.5 Å². The van der Waals surface area contributed by atoms with Crippen molar-refractivity contribution in [2.45, 2.75) is 26.7 Å². The van der Waals surface area contributed by atoms with E-state index in [-0.39, 0.29) is 5.43 Å². The Bertz CT molecular complexity index is 814. The molecule has 0 aliphatic rings. The molecule has 3 aromatic rings. The first-order valence-corrected chi connectivity index (χ1v) is 7.47. The first-order chi connectivity index (χ1) is 9.20. The van der Waals surface area contributed by atoms with Crippen LogP contribution >= 0.6 is 11.3 Å². The molecule has 0 radical (unpaired) electrons. The molecule has 0 saturated heterocycles. The highest BCUT2D eigenvalue weighted by Gasteiger charge is 2.08. The lowest BCUT2D eigenvalue weighted by Gasteiger charge is -2.07. The summed E-state index contributed by atoms with van der Waals surface area (Å²) in [5.41, 5.74) is 2.66. The summed E-state index contributed by atoms with van der Waals surface area (Å²) in [5.74, 6) is 0. The first-order valence-electron chi connectivity index (χ1n) is 6.66. The maximum Gasteiger partial charge on any atom is 0.195 e. The molecule has 0 aliphatic heterocycles. The van der Waals surface area contributed by atoms with Crippen molar-refractivity contribution in [1.29, 1.82) is 0 Å². The average molecular weight is 268 g/mol. The van der Waals surface area contributed by atoms with Gasteiger partial charge in [-0.2, -0.15) is 0 Å². The first kappa shape index (κ1) is 12.4. The van der Waals surface area contributed by atoms with Crippen molar-refractivity contribution in [2.24, 2.45) is 0 Å². The molecule has 0 atom stereocenters. The van der Waals surface area contributed by atoms with Gasteiger partial charge in [0.1, 0.15) is 0 Å². The average Bonchev–Trinajstić information content (AvgIpc) is 2.41. The minimum absolute atomic E-state index is 0.172. The maximum absolute atomic E-state index is 12.6. The summed E-state index contributed by atoms with van der Waals surface area (Å²) in [4.78, 5) is 12.6. The fourth-order valence-corrected chi connectivity index (χ4v) is 3.70. The van der Waals surface area contributed by atoms with Gasteiger partial charge in [-0.1, -0.05) is 31.5 Å². The van der Waals surface area contributed by atoms with Crippen LogP contribution in [0.25, 0.3) is 20.2 Å². The summed E-state index contributed by atoms with van der Waals surface area (Å²) in [6.45, 7) is 4.27. The number of hydrogen-bond donors (Lipinski definition) is 0. The van der Waals surface area contributed by atoms with Gasteiger partial charge in [0.15, 0.2) is 5.43 Å². The van der Waals surface area contributed by atoms with E-state index in [9.17, 15) is 4.79 Å². The topological polar surface area (TPSA) is 17.1 Å². The van der Waals surface area contributed by atoms with Crippen LogP contribution in [0, 0.1) is 6.92 Å². The van der Waals surface area contributed by atoms with Crippen LogP contribution in [-0.4, -0.2) is 0 Å². The maximum atomic E-state index is 12.6. The Morgan fingerprint density at radius 2 is 1.89 bits per heavy atom. The second-order valence-corrected chi connectivity index (χ2v) is 6.02. The summed E-state index contributed by atoms with van der Waals surface area (Å²) >= 11 is 1.72. The van der Waals surface area contributed by atoms with Gasteiger partial charge >= 0.3 is 0 Å².